The molecule has 32 heavy (non-hydrogen) atoms. The van der Waals surface area contributed by atoms with Crippen LogP contribution in [-0.4, -0.2) is 19.0 Å². The van der Waals surface area contributed by atoms with Gasteiger partial charge in [0.2, 0.25) is 11.2 Å². The summed E-state index contributed by atoms with van der Waals surface area (Å²) in [5, 5.41) is 0.412. The van der Waals surface area contributed by atoms with Crippen LogP contribution in [-0.2, 0) is 0 Å². The van der Waals surface area contributed by atoms with Crippen molar-refractivity contribution < 1.29 is 18.7 Å². The predicted molar refractivity (Wildman–Crippen MR) is 125 cm³/mol. The van der Waals surface area contributed by atoms with Crippen molar-refractivity contribution in [3.8, 4) is 22.8 Å². The van der Waals surface area contributed by atoms with Gasteiger partial charge in [-0.1, -0.05) is 35.9 Å². The van der Waals surface area contributed by atoms with E-state index in [0.717, 1.165) is 11.1 Å². The Morgan fingerprint density at radius 1 is 0.875 bits per heavy atom. The number of hydrogen-bond donors (Lipinski definition) is 0. The number of hydrogen-bond acceptors (Lipinski definition) is 5. The lowest BCUT2D eigenvalue weighted by atomic mass is 10.1. The molecule has 0 aliphatic rings. The molecule has 0 unspecified atom stereocenters. The number of benzene rings is 3. The average Bonchev–Trinajstić information content (AvgIpc) is 2.79. The highest BCUT2D eigenvalue weighted by molar-refractivity contribution is 5.97. The van der Waals surface area contributed by atoms with Crippen molar-refractivity contribution in [3.63, 3.8) is 0 Å². The maximum atomic E-state index is 13.3. The third-order valence-corrected chi connectivity index (χ3v) is 5.15. The Morgan fingerprint density at radius 2 is 1.56 bits per heavy atom. The second kappa shape index (κ2) is 9.10. The Hall–Kier alpha value is -3.86. The largest absolute Gasteiger partial charge is 0.494 e. The van der Waals surface area contributed by atoms with E-state index in [4.69, 9.17) is 13.9 Å². The number of carbonyl (C=O) groups is 1. The molecule has 0 atom stereocenters. The fourth-order valence-corrected chi connectivity index (χ4v) is 3.43. The number of carbonyl (C=O) groups excluding carboxylic acids is 1. The molecule has 0 N–H and O–H groups in total. The highest BCUT2D eigenvalue weighted by Crippen LogP contribution is 2.31. The first-order valence-electron chi connectivity index (χ1n) is 10.5. The monoisotopic (exact) mass is 428 g/mol. The maximum Gasteiger partial charge on any atom is 0.235 e. The SMILES string of the molecule is CCOc1ccc(C(=O)COc2c(-c3ccc(C)cc3)oc3cc(C)ccc3c2=O)cc1. The van der Waals surface area contributed by atoms with E-state index in [2.05, 4.69) is 0 Å². The van der Waals surface area contributed by atoms with Gasteiger partial charge in [-0.05, 0) is 62.7 Å². The van der Waals surface area contributed by atoms with E-state index >= 15 is 0 Å². The van der Waals surface area contributed by atoms with Crippen molar-refractivity contribution >= 4 is 16.8 Å². The van der Waals surface area contributed by atoms with Crippen LogP contribution in [0.2, 0.25) is 0 Å². The van der Waals surface area contributed by atoms with Gasteiger partial charge in [0.1, 0.15) is 11.3 Å². The summed E-state index contributed by atoms with van der Waals surface area (Å²) in [5.41, 5.74) is 3.43. The topological polar surface area (TPSA) is 65.7 Å². The molecule has 0 radical (unpaired) electrons. The van der Waals surface area contributed by atoms with Gasteiger partial charge in [-0.15, -0.1) is 0 Å². The van der Waals surface area contributed by atoms with Crippen molar-refractivity contribution in [3.05, 3.63) is 93.6 Å². The van der Waals surface area contributed by atoms with Gasteiger partial charge in [0.25, 0.3) is 0 Å². The van der Waals surface area contributed by atoms with E-state index < -0.39 is 0 Å². The number of rotatable bonds is 7. The first-order chi connectivity index (χ1) is 15.5. The number of ketones is 1. The lowest BCUT2D eigenvalue weighted by Gasteiger charge is -2.12. The number of Topliss-reactive ketones (excluding diaryl/α,β-unsaturated/α-hetero) is 1. The van der Waals surface area contributed by atoms with Crippen molar-refractivity contribution in [1.29, 1.82) is 0 Å². The summed E-state index contributed by atoms with van der Waals surface area (Å²) in [4.78, 5) is 26.0. The van der Waals surface area contributed by atoms with E-state index in [0.29, 0.717) is 40.2 Å². The zero-order chi connectivity index (χ0) is 22.7. The molecule has 0 aliphatic carbocycles. The van der Waals surface area contributed by atoms with E-state index in [1.165, 1.54) is 0 Å². The first-order valence-corrected chi connectivity index (χ1v) is 10.5. The quantitative estimate of drug-likeness (QED) is 0.351. The van der Waals surface area contributed by atoms with Gasteiger partial charge >= 0.3 is 0 Å². The highest BCUT2D eigenvalue weighted by atomic mass is 16.5. The second-order valence-corrected chi connectivity index (χ2v) is 7.62. The Balaban J connectivity index is 1.70. The molecule has 0 bridgehead atoms. The van der Waals surface area contributed by atoms with Crippen molar-refractivity contribution in [2.24, 2.45) is 0 Å². The van der Waals surface area contributed by atoms with Crippen LogP contribution in [0.15, 0.2) is 75.9 Å². The molecule has 0 fully saturated rings. The van der Waals surface area contributed by atoms with Gasteiger partial charge in [0.05, 0.1) is 12.0 Å². The number of fused-ring (bicyclic) bond motifs is 1. The average molecular weight is 428 g/mol. The second-order valence-electron chi connectivity index (χ2n) is 7.62. The molecular weight excluding hydrogens is 404 g/mol. The molecule has 5 nitrogen and oxygen atoms in total. The molecule has 0 spiro atoms. The third-order valence-electron chi connectivity index (χ3n) is 5.15. The van der Waals surface area contributed by atoms with Crippen LogP contribution in [0.3, 0.4) is 0 Å². The molecule has 0 aliphatic heterocycles. The van der Waals surface area contributed by atoms with E-state index in [9.17, 15) is 9.59 Å². The van der Waals surface area contributed by atoms with Crippen LogP contribution in [0, 0.1) is 13.8 Å². The van der Waals surface area contributed by atoms with Gasteiger partial charge in [0, 0.05) is 11.1 Å². The number of ether oxygens (including phenoxy) is 2. The molecule has 1 aromatic heterocycles. The minimum Gasteiger partial charge on any atom is -0.494 e. The Morgan fingerprint density at radius 3 is 2.25 bits per heavy atom. The molecule has 0 saturated heterocycles. The molecule has 4 rings (SSSR count). The standard InChI is InChI=1S/C27H24O5/c1-4-30-21-12-10-19(11-13-21)23(28)16-31-27-25(29)22-14-7-18(3)15-24(22)32-26(27)20-8-5-17(2)6-9-20/h5-15H,4,16H2,1-3H3. The van der Waals surface area contributed by atoms with E-state index in [1.54, 1.807) is 30.3 Å². The molecule has 3 aromatic carbocycles. The van der Waals surface area contributed by atoms with Crippen LogP contribution in [0.4, 0.5) is 0 Å². The summed E-state index contributed by atoms with van der Waals surface area (Å²) in [6, 6.07) is 19.8. The molecule has 1 heterocycles. The van der Waals surface area contributed by atoms with Crippen LogP contribution in [0.1, 0.15) is 28.4 Å². The zero-order valence-corrected chi connectivity index (χ0v) is 18.3. The molecule has 5 heteroatoms. The lowest BCUT2D eigenvalue weighted by molar-refractivity contribution is 0.0920. The smallest absolute Gasteiger partial charge is 0.235 e. The third kappa shape index (κ3) is 4.42. The molecule has 0 amide bonds. The summed E-state index contributed by atoms with van der Waals surface area (Å²) < 4.78 is 17.3. The van der Waals surface area contributed by atoms with Crippen molar-refractivity contribution in [2.45, 2.75) is 20.8 Å². The molecule has 162 valence electrons. The normalized spacial score (nSPS) is 10.8. The number of aryl methyl sites for hydroxylation is 2. The summed E-state index contributed by atoms with van der Waals surface area (Å²) in [6.07, 6.45) is 0. The highest BCUT2D eigenvalue weighted by Gasteiger charge is 2.19. The van der Waals surface area contributed by atoms with Crippen LogP contribution >= 0.6 is 0 Å². The Bertz CT molecular complexity index is 1320. The van der Waals surface area contributed by atoms with Gasteiger partial charge in [-0.2, -0.15) is 0 Å². The molecular formula is C27H24O5. The minimum absolute atomic E-state index is 0.0319. The van der Waals surface area contributed by atoms with Crippen LogP contribution in [0.25, 0.3) is 22.3 Å². The van der Waals surface area contributed by atoms with Gasteiger partial charge in [0.15, 0.2) is 18.2 Å². The van der Waals surface area contributed by atoms with Crippen LogP contribution < -0.4 is 14.9 Å². The predicted octanol–water partition coefficient (Wildman–Crippen LogP) is 5.74. The van der Waals surface area contributed by atoms with E-state index in [1.807, 2.05) is 57.2 Å². The molecule has 4 aromatic rings. The maximum absolute atomic E-state index is 13.3. The Labute approximate surface area is 186 Å². The van der Waals surface area contributed by atoms with Crippen molar-refractivity contribution in [2.75, 3.05) is 13.2 Å². The molecule has 0 saturated carbocycles. The van der Waals surface area contributed by atoms with Crippen molar-refractivity contribution in [1.82, 2.24) is 0 Å². The lowest BCUT2D eigenvalue weighted by Crippen LogP contribution is -2.17. The Kier molecular flexibility index (Phi) is 6.08. The minimum atomic E-state index is -0.304. The summed E-state index contributed by atoms with van der Waals surface area (Å²) in [6.45, 7) is 6.08. The fraction of sp³-hybridized carbons (Fsp3) is 0.185. The van der Waals surface area contributed by atoms with Gasteiger partial charge < -0.3 is 13.9 Å². The van der Waals surface area contributed by atoms with Gasteiger partial charge in [-0.25, -0.2) is 0 Å². The first kappa shape index (κ1) is 21.4. The van der Waals surface area contributed by atoms with Gasteiger partial charge in [-0.3, -0.25) is 9.59 Å². The summed E-state index contributed by atoms with van der Waals surface area (Å²) >= 11 is 0. The summed E-state index contributed by atoms with van der Waals surface area (Å²) in [5.74, 6) is 0.792. The van der Waals surface area contributed by atoms with Crippen LogP contribution in [0.5, 0.6) is 11.5 Å². The fourth-order valence-electron chi connectivity index (χ4n) is 3.43. The summed E-state index contributed by atoms with van der Waals surface area (Å²) in [7, 11) is 0. The zero-order valence-electron chi connectivity index (χ0n) is 18.3. The van der Waals surface area contributed by atoms with E-state index in [-0.39, 0.29) is 23.6 Å².